The number of nitrogens with zero attached hydrogens (tertiary/aromatic N) is 8. The van der Waals surface area contributed by atoms with Crippen LogP contribution < -0.4 is 22.1 Å². The highest BCUT2D eigenvalue weighted by molar-refractivity contribution is 6.08. The van der Waals surface area contributed by atoms with Gasteiger partial charge in [-0.25, -0.2) is 28.3 Å². The van der Waals surface area contributed by atoms with E-state index in [2.05, 4.69) is 41.0 Å². The summed E-state index contributed by atoms with van der Waals surface area (Å²) in [6, 6.07) is 6.21. The van der Waals surface area contributed by atoms with Gasteiger partial charge in [0.2, 0.25) is 0 Å². The molecule has 4 heterocycles. The molecule has 6 rings (SSSR count). The third-order valence-electron chi connectivity index (χ3n) is 8.93. The number of nitrogens with two attached hydrogens (primary N) is 2. The Labute approximate surface area is 352 Å². The van der Waals surface area contributed by atoms with Gasteiger partial charge in [-0.3, -0.25) is 28.3 Å². The number of hydrogen-bond donors (Lipinski definition) is 6. The molecule has 0 radical (unpaired) electrons. The lowest BCUT2D eigenvalue weighted by atomic mass is 9.99. The molecule has 0 saturated heterocycles. The molecule has 8 N–H and O–H groups in total. The van der Waals surface area contributed by atoms with Crippen LogP contribution in [0, 0.1) is 11.6 Å². The van der Waals surface area contributed by atoms with Crippen molar-refractivity contribution in [3.63, 3.8) is 0 Å². The molecule has 63 heavy (non-hydrogen) atoms. The van der Waals surface area contributed by atoms with Gasteiger partial charge in [-0.2, -0.15) is 0 Å². The van der Waals surface area contributed by atoms with Crippen molar-refractivity contribution in [2.24, 2.45) is 11.5 Å². The number of carboxylic acid groups (broad SMARTS) is 2. The summed E-state index contributed by atoms with van der Waals surface area (Å²) >= 11 is 0. The van der Waals surface area contributed by atoms with Gasteiger partial charge >= 0.3 is 23.9 Å². The molecule has 324 valence electrons. The topological polar surface area (TPSA) is 325 Å². The average Bonchev–Trinajstić information content (AvgIpc) is 4.03. The molecular weight excluding hydrogens is 834 g/mol. The van der Waals surface area contributed by atoms with E-state index < -0.39 is 83.8 Å². The lowest BCUT2D eigenvalue weighted by molar-refractivity contribution is -0.140. The summed E-state index contributed by atoms with van der Waals surface area (Å²) < 4.78 is 44.3. The van der Waals surface area contributed by atoms with Crippen molar-refractivity contribution in [2.45, 2.75) is 31.3 Å². The van der Waals surface area contributed by atoms with Gasteiger partial charge in [-0.05, 0) is 78.9 Å². The largest absolute Gasteiger partial charge is 0.480 e. The Morgan fingerprint density at radius 1 is 0.635 bits per heavy atom. The first-order chi connectivity index (χ1) is 30.2. The number of esters is 2. The molecule has 0 saturated carbocycles. The molecule has 2 aromatic carbocycles. The van der Waals surface area contributed by atoms with Crippen LogP contribution in [0.3, 0.4) is 0 Å². The van der Waals surface area contributed by atoms with Crippen molar-refractivity contribution in [3.8, 4) is 11.6 Å². The van der Waals surface area contributed by atoms with E-state index in [1.165, 1.54) is 58.4 Å². The number of amides is 2. The molecule has 4 aromatic heterocycles. The molecule has 2 amide bonds. The summed E-state index contributed by atoms with van der Waals surface area (Å²) in [5.41, 5.74) is 8.86. The van der Waals surface area contributed by atoms with E-state index in [-0.39, 0.29) is 53.2 Å². The zero-order chi connectivity index (χ0) is 45.2. The van der Waals surface area contributed by atoms with Crippen LogP contribution in [0.15, 0.2) is 86.0 Å². The summed E-state index contributed by atoms with van der Waals surface area (Å²) in [4.78, 5) is 82.9. The number of aryl methyl sites for hydroxylation is 2. The predicted octanol–water partition coefficient (Wildman–Crippen LogP) is 1.73. The standard InChI is InChI=1S/C39H34F2N12O10/c40-24-14-22(38(60)62-16-26(42)36(56)57)30(46-34(54)28-4-6-32(50-48-28)52-10-8-44-18-52)12-20(24)2-1-3-21-13-31(23(15-25(21)41)39(61)63-17-27(43)37(58)59)47-35(55)29-5-7-33(51-49-29)53-11-9-45-19-53/h4-15,18-19,26-27H,1-3,16-17,42-43H2,(H,46,54)(H,47,55)(H,56,57)(H,58,59)/t26-,27-/m0/s1. The third-order valence-corrected chi connectivity index (χ3v) is 8.93. The van der Waals surface area contributed by atoms with E-state index in [0.29, 0.717) is 11.6 Å². The number of imidazole rings is 2. The third kappa shape index (κ3) is 11.1. The van der Waals surface area contributed by atoms with Crippen molar-refractivity contribution < 1.29 is 57.2 Å². The molecule has 0 bridgehead atoms. The number of anilines is 2. The number of aliphatic carboxylic acids is 2. The van der Waals surface area contributed by atoms with Gasteiger partial charge in [0, 0.05) is 24.8 Å². The van der Waals surface area contributed by atoms with Gasteiger partial charge in [-0.15, -0.1) is 20.4 Å². The Hall–Kier alpha value is -8.38. The van der Waals surface area contributed by atoms with Crippen LogP contribution in [0.1, 0.15) is 59.2 Å². The summed E-state index contributed by atoms with van der Waals surface area (Å²) in [6.07, 6.45) is 8.86. The molecule has 0 aliphatic rings. The lowest BCUT2D eigenvalue weighted by Gasteiger charge is -2.16. The number of carbonyl (C=O) groups is 6. The number of rotatable bonds is 18. The summed E-state index contributed by atoms with van der Waals surface area (Å²) in [7, 11) is 0. The first-order valence-electron chi connectivity index (χ1n) is 18.4. The number of carboxylic acids is 2. The number of ether oxygens (including phenoxy) is 2. The molecule has 0 aliphatic heterocycles. The van der Waals surface area contributed by atoms with E-state index in [9.17, 15) is 28.8 Å². The highest BCUT2D eigenvalue weighted by Gasteiger charge is 2.25. The second-order valence-electron chi connectivity index (χ2n) is 13.3. The minimum absolute atomic E-state index is 0.00546. The highest BCUT2D eigenvalue weighted by atomic mass is 19.1. The highest BCUT2D eigenvalue weighted by Crippen LogP contribution is 2.27. The zero-order valence-corrected chi connectivity index (χ0v) is 32.4. The monoisotopic (exact) mass is 868 g/mol. The van der Waals surface area contributed by atoms with Crippen molar-refractivity contribution in [2.75, 3.05) is 23.8 Å². The maximum atomic E-state index is 15.7. The maximum Gasteiger partial charge on any atom is 0.340 e. The van der Waals surface area contributed by atoms with Crippen LogP contribution in [0.5, 0.6) is 0 Å². The molecule has 0 aliphatic carbocycles. The number of halogens is 2. The smallest absolute Gasteiger partial charge is 0.340 e. The van der Waals surface area contributed by atoms with E-state index in [1.807, 2.05) is 0 Å². The first kappa shape index (κ1) is 44.2. The minimum atomic E-state index is -1.60. The quantitative estimate of drug-likeness (QED) is 0.0670. The number of benzene rings is 2. The Kier molecular flexibility index (Phi) is 13.9. The van der Waals surface area contributed by atoms with Gasteiger partial charge in [0.15, 0.2) is 23.0 Å². The maximum absolute atomic E-state index is 15.7. The fourth-order valence-corrected chi connectivity index (χ4v) is 5.59. The second-order valence-corrected chi connectivity index (χ2v) is 13.3. The summed E-state index contributed by atoms with van der Waals surface area (Å²) in [5, 5.41) is 38.9. The zero-order valence-electron chi connectivity index (χ0n) is 32.4. The van der Waals surface area contributed by atoms with Crippen molar-refractivity contribution in [1.82, 2.24) is 39.5 Å². The van der Waals surface area contributed by atoms with Crippen LogP contribution in [-0.2, 0) is 31.9 Å². The minimum Gasteiger partial charge on any atom is -0.480 e. The van der Waals surface area contributed by atoms with Gasteiger partial charge in [-0.1, -0.05) is 0 Å². The number of aromatic nitrogens is 8. The van der Waals surface area contributed by atoms with Gasteiger partial charge < -0.3 is 41.8 Å². The number of nitrogens with one attached hydrogen (secondary N) is 2. The lowest BCUT2D eigenvalue weighted by Crippen LogP contribution is -2.35. The van der Waals surface area contributed by atoms with E-state index in [4.69, 9.17) is 31.2 Å². The Bertz CT molecular complexity index is 2470. The number of carbonyl (C=O) groups excluding carboxylic acids is 4. The fraction of sp³-hybridized carbons (Fsp3) is 0.179. The molecule has 0 spiro atoms. The van der Waals surface area contributed by atoms with Crippen LogP contribution in [0.4, 0.5) is 20.2 Å². The molecule has 2 atom stereocenters. The van der Waals surface area contributed by atoms with Crippen molar-refractivity contribution in [1.29, 1.82) is 0 Å². The molecule has 22 nitrogen and oxygen atoms in total. The summed E-state index contributed by atoms with van der Waals surface area (Å²) in [5.74, 6) is -8.33. The SMILES string of the molecule is N[C@@H](COC(=O)c1cc(F)c(CCCc2cc(NC(=O)c3ccc(-n4ccnc4)nn3)c(C(=O)OC[C@H](N)C(=O)O)cc2F)cc1NC(=O)c1ccc(-n2ccnc2)nn1)C(=O)O. The Morgan fingerprint density at radius 3 is 1.38 bits per heavy atom. The van der Waals surface area contributed by atoms with E-state index in [1.54, 1.807) is 12.4 Å². The Morgan fingerprint density at radius 2 is 1.05 bits per heavy atom. The van der Waals surface area contributed by atoms with Crippen LogP contribution in [0.2, 0.25) is 0 Å². The van der Waals surface area contributed by atoms with Gasteiger partial charge in [0.25, 0.3) is 11.8 Å². The predicted molar refractivity (Wildman–Crippen MR) is 211 cm³/mol. The molecule has 0 unspecified atom stereocenters. The van der Waals surface area contributed by atoms with Crippen LogP contribution in [0.25, 0.3) is 11.6 Å². The molecule has 0 fully saturated rings. The normalized spacial score (nSPS) is 11.9. The van der Waals surface area contributed by atoms with Crippen LogP contribution in [-0.4, -0.2) is 111 Å². The first-order valence-corrected chi connectivity index (χ1v) is 18.4. The average molecular weight is 869 g/mol. The molecule has 6 aromatic rings. The van der Waals surface area contributed by atoms with E-state index >= 15 is 8.78 Å². The summed E-state index contributed by atoms with van der Waals surface area (Å²) in [6.45, 7) is -1.56. The van der Waals surface area contributed by atoms with Crippen molar-refractivity contribution >= 4 is 47.1 Å². The number of hydrogen-bond acceptors (Lipinski definition) is 16. The molecular formula is C39H34F2N12O10. The second kappa shape index (κ2) is 19.8. The van der Waals surface area contributed by atoms with Gasteiger partial charge in [0.05, 0.1) is 22.5 Å². The fourth-order valence-electron chi connectivity index (χ4n) is 5.59. The molecule has 24 heteroatoms. The van der Waals surface area contributed by atoms with E-state index in [0.717, 1.165) is 24.3 Å². The van der Waals surface area contributed by atoms with Crippen LogP contribution >= 0.6 is 0 Å². The van der Waals surface area contributed by atoms with Gasteiger partial charge in [0.1, 0.15) is 49.6 Å². The van der Waals surface area contributed by atoms with Crippen molar-refractivity contribution in [3.05, 3.63) is 131 Å². The Balaban J connectivity index is 1.23.